The van der Waals surface area contributed by atoms with Gasteiger partial charge in [-0.2, -0.15) is 0 Å². The number of carbonyl (C=O) groups is 2. The second kappa shape index (κ2) is 10.2. The van der Waals surface area contributed by atoms with Crippen LogP contribution in [0.3, 0.4) is 0 Å². The normalized spacial score (nSPS) is 10.9. The van der Waals surface area contributed by atoms with Crippen molar-refractivity contribution in [3.63, 3.8) is 0 Å². The number of methoxy groups -OCH3 is 2. The first-order valence-electron chi connectivity index (χ1n) is 10.5. The van der Waals surface area contributed by atoms with E-state index in [1.807, 2.05) is 19.1 Å². The second-order valence-electron chi connectivity index (χ2n) is 7.92. The molecule has 7 heteroatoms. The molecule has 170 valence electrons. The number of esters is 1. The number of carbonyl (C=O) groups excluding carboxylic acids is 2. The van der Waals surface area contributed by atoms with Gasteiger partial charge in [0.25, 0.3) is 5.91 Å². The number of hydrogen-bond donors (Lipinski definition) is 1. The second-order valence-corrected chi connectivity index (χ2v) is 7.92. The fourth-order valence-electron chi connectivity index (χ4n) is 3.60. The molecule has 7 nitrogen and oxygen atoms in total. The highest BCUT2D eigenvalue weighted by molar-refractivity contribution is 5.88. The van der Waals surface area contributed by atoms with E-state index < -0.39 is 5.97 Å². The van der Waals surface area contributed by atoms with Gasteiger partial charge in [0.1, 0.15) is 5.58 Å². The largest absolute Gasteiger partial charge is 0.493 e. The predicted octanol–water partition coefficient (Wildman–Crippen LogP) is 4.28. The number of amides is 1. The first-order chi connectivity index (χ1) is 15.3. The van der Waals surface area contributed by atoms with Gasteiger partial charge in [0.05, 0.1) is 26.9 Å². The molecule has 1 amide bonds. The minimum Gasteiger partial charge on any atom is -0.493 e. The Balaban J connectivity index is 1.54. The average Bonchev–Trinajstić information content (AvgIpc) is 3.16. The summed E-state index contributed by atoms with van der Waals surface area (Å²) in [6.07, 6.45) is 1.61. The molecule has 32 heavy (non-hydrogen) atoms. The lowest BCUT2D eigenvalue weighted by atomic mass is 9.95. The van der Waals surface area contributed by atoms with Crippen LogP contribution in [-0.2, 0) is 27.3 Å². The molecule has 1 aromatic heterocycles. The van der Waals surface area contributed by atoms with Crippen LogP contribution in [0.5, 0.6) is 11.5 Å². The third-order valence-electron chi connectivity index (χ3n) is 5.30. The third kappa shape index (κ3) is 5.41. The van der Waals surface area contributed by atoms with Crippen LogP contribution in [0.2, 0.25) is 0 Å². The zero-order chi connectivity index (χ0) is 23.3. The summed E-state index contributed by atoms with van der Waals surface area (Å²) >= 11 is 0. The lowest BCUT2D eigenvalue weighted by Crippen LogP contribution is -2.28. The molecule has 2 aromatic carbocycles. The van der Waals surface area contributed by atoms with Crippen LogP contribution in [0.4, 0.5) is 0 Å². The van der Waals surface area contributed by atoms with Gasteiger partial charge in [-0.15, -0.1) is 0 Å². The van der Waals surface area contributed by atoms with Crippen molar-refractivity contribution in [2.45, 2.75) is 39.7 Å². The number of nitrogens with one attached hydrogen (secondary N) is 1. The quantitative estimate of drug-likeness (QED) is 0.501. The predicted molar refractivity (Wildman–Crippen MR) is 121 cm³/mol. The topological polar surface area (TPSA) is 87.0 Å². The van der Waals surface area contributed by atoms with Crippen LogP contribution in [0.15, 0.2) is 41.0 Å². The Labute approximate surface area is 187 Å². The Bertz CT molecular complexity index is 1120. The average molecular weight is 440 g/mol. The first kappa shape index (κ1) is 23.2. The summed E-state index contributed by atoms with van der Waals surface area (Å²) in [6, 6.07) is 9.42. The van der Waals surface area contributed by atoms with Crippen LogP contribution in [0.25, 0.3) is 11.0 Å². The molecule has 0 atom stereocenters. The molecule has 0 fully saturated rings. The standard InChI is InChI=1S/C25H29NO6/c1-15(2)19-11-20-18(13-31-22(20)8-16(19)3)10-25(28)32-14-24(27)26-12-17-6-7-21(29-4)23(9-17)30-5/h6-9,11,13,15H,10,12,14H2,1-5H3,(H,26,27). The number of aryl methyl sites for hydroxylation is 1. The van der Waals surface area contributed by atoms with E-state index in [0.717, 1.165) is 27.7 Å². The lowest BCUT2D eigenvalue weighted by molar-refractivity contribution is -0.147. The molecule has 1 heterocycles. The number of benzene rings is 2. The van der Waals surface area contributed by atoms with Crippen molar-refractivity contribution in [3.8, 4) is 11.5 Å². The molecule has 0 saturated carbocycles. The maximum absolute atomic E-state index is 12.3. The Hall–Kier alpha value is -3.48. The molecule has 0 saturated heterocycles. The van der Waals surface area contributed by atoms with Gasteiger partial charge in [-0.05, 0) is 53.8 Å². The summed E-state index contributed by atoms with van der Waals surface area (Å²) in [7, 11) is 3.11. The highest BCUT2D eigenvalue weighted by Crippen LogP contribution is 2.29. The van der Waals surface area contributed by atoms with E-state index in [1.54, 1.807) is 32.6 Å². The third-order valence-corrected chi connectivity index (χ3v) is 5.30. The summed E-state index contributed by atoms with van der Waals surface area (Å²) in [5.41, 5.74) is 4.69. The van der Waals surface area contributed by atoms with E-state index in [2.05, 4.69) is 25.2 Å². The van der Waals surface area contributed by atoms with Crippen molar-refractivity contribution in [2.24, 2.45) is 0 Å². The molecule has 0 radical (unpaired) electrons. The van der Waals surface area contributed by atoms with Gasteiger partial charge in [-0.3, -0.25) is 9.59 Å². The van der Waals surface area contributed by atoms with Crippen LogP contribution < -0.4 is 14.8 Å². The lowest BCUT2D eigenvalue weighted by Gasteiger charge is -2.11. The van der Waals surface area contributed by atoms with E-state index >= 15 is 0 Å². The van der Waals surface area contributed by atoms with Crippen LogP contribution >= 0.6 is 0 Å². The molecule has 3 rings (SSSR count). The Morgan fingerprint density at radius 1 is 1.06 bits per heavy atom. The van der Waals surface area contributed by atoms with E-state index in [1.165, 1.54) is 5.56 Å². The summed E-state index contributed by atoms with van der Waals surface area (Å²) in [6.45, 7) is 6.23. The highest BCUT2D eigenvalue weighted by Gasteiger charge is 2.16. The van der Waals surface area contributed by atoms with Crippen LogP contribution in [-0.4, -0.2) is 32.7 Å². The zero-order valence-corrected chi connectivity index (χ0v) is 19.1. The number of hydrogen-bond acceptors (Lipinski definition) is 6. The van der Waals surface area contributed by atoms with E-state index in [0.29, 0.717) is 17.4 Å². The molecule has 3 aromatic rings. The van der Waals surface area contributed by atoms with Gasteiger partial charge in [-0.1, -0.05) is 19.9 Å². The van der Waals surface area contributed by atoms with E-state index in [9.17, 15) is 9.59 Å². The summed E-state index contributed by atoms with van der Waals surface area (Å²) in [4.78, 5) is 24.4. The van der Waals surface area contributed by atoms with Gasteiger partial charge >= 0.3 is 5.97 Å². The molecular formula is C25H29NO6. The van der Waals surface area contributed by atoms with Gasteiger partial charge in [0.15, 0.2) is 18.1 Å². The number of ether oxygens (including phenoxy) is 3. The van der Waals surface area contributed by atoms with Gasteiger partial charge in [0.2, 0.25) is 0 Å². The SMILES string of the molecule is COc1ccc(CNC(=O)COC(=O)Cc2coc3cc(C)c(C(C)C)cc23)cc1OC. The molecule has 0 unspecified atom stereocenters. The van der Waals surface area contributed by atoms with Crippen molar-refractivity contribution < 1.29 is 28.2 Å². The Morgan fingerprint density at radius 2 is 1.81 bits per heavy atom. The Morgan fingerprint density at radius 3 is 2.50 bits per heavy atom. The van der Waals surface area contributed by atoms with Crippen molar-refractivity contribution >= 4 is 22.8 Å². The van der Waals surface area contributed by atoms with Gasteiger partial charge in [-0.25, -0.2) is 0 Å². The smallest absolute Gasteiger partial charge is 0.310 e. The summed E-state index contributed by atoms with van der Waals surface area (Å²) < 4.78 is 21.2. The van der Waals surface area contributed by atoms with Crippen LogP contribution in [0, 0.1) is 6.92 Å². The van der Waals surface area contributed by atoms with Crippen molar-refractivity contribution in [2.75, 3.05) is 20.8 Å². The fraction of sp³-hybridized carbons (Fsp3) is 0.360. The van der Waals surface area contributed by atoms with Crippen molar-refractivity contribution in [1.29, 1.82) is 0 Å². The minimum atomic E-state index is -0.486. The first-order valence-corrected chi connectivity index (χ1v) is 10.5. The van der Waals surface area contributed by atoms with Gasteiger partial charge in [0, 0.05) is 17.5 Å². The van der Waals surface area contributed by atoms with Crippen LogP contribution in [0.1, 0.15) is 42.0 Å². The van der Waals surface area contributed by atoms with E-state index in [-0.39, 0.29) is 25.5 Å². The zero-order valence-electron chi connectivity index (χ0n) is 19.1. The highest BCUT2D eigenvalue weighted by atomic mass is 16.5. The molecule has 0 bridgehead atoms. The molecule has 0 aliphatic heterocycles. The monoisotopic (exact) mass is 439 g/mol. The molecular weight excluding hydrogens is 410 g/mol. The van der Waals surface area contributed by atoms with E-state index in [4.69, 9.17) is 18.6 Å². The summed E-state index contributed by atoms with van der Waals surface area (Å²) in [5.74, 6) is 0.680. The maximum atomic E-state index is 12.3. The Kier molecular flexibility index (Phi) is 7.41. The number of furan rings is 1. The molecule has 0 aliphatic rings. The molecule has 1 N–H and O–H groups in total. The van der Waals surface area contributed by atoms with Gasteiger partial charge < -0.3 is 23.9 Å². The molecule has 0 aliphatic carbocycles. The number of rotatable bonds is 9. The van der Waals surface area contributed by atoms with Crippen molar-refractivity contribution in [3.05, 3.63) is 58.8 Å². The van der Waals surface area contributed by atoms with Crippen molar-refractivity contribution in [1.82, 2.24) is 5.32 Å². The fourth-order valence-corrected chi connectivity index (χ4v) is 3.60. The molecule has 0 spiro atoms. The minimum absolute atomic E-state index is 0.0382. The number of fused-ring (bicyclic) bond motifs is 1. The maximum Gasteiger partial charge on any atom is 0.310 e. The summed E-state index contributed by atoms with van der Waals surface area (Å²) in [5, 5.41) is 3.62.